The van der Waals surface area contributed by atoms with Gasteiger partial charge in [-0.3, -0.25) is 19.6 Å². The summed E-state index contributed by atoms with van der Waals surface area (Å²) in [6.45, 7) is 0. The van der Waals surface area contributed by atoms with E-state index in [2.05, 4.69) is 15.2 Å². The fourth-order valence-electron chi connectivity index (χ4n) is 3.40. The summed E-state index contributed by atoms with van der Waals surface area (Å²) in [6, 6.07) is 6.91. The lowest BCUT2D eigenvalue weighted by atomic mass is 10.0. The fourth-order valence-corrected chi connectivity index (χ4v) is 4.16. The van der Waals surface area contributed by atoms with Crippen molar-refractivity contribution in [2.24, 2.45) is 5.92 Å². The lowest BCUT2D eigenvalue weighted by Gasteiger charge is -2.11. The van der Waals surface area contributed by atoms with Crippen molar-refractivity contribution in [3.05, 3.63) is 41.2 Å². The maximum absolute atomic E-state index is 12.3. The molecule has 1 N–H and O–H groups in total. The number of hydrogen-bond donors (Lipinski definition) is 1. The molecule has 0 saturated heterocycles. The zero-order valence-electron chi connectivity index (χ0n) is 13.2. The average molecular weight is 342 g/mol. The molecule has 24 heavy (non-hydrogen) atoms. The van der Waals surface area contributed by atoms with Gasteiger partial charge < -0.3 is 0 Å². The standard InChI is InChI=1S/C17H18N4O2S/c22-15-12-7-3-4-8-13(12)16(23)21(15)10-24-17-18-14(19-20-17)9-11-5-1-2-6-11/h3-4,7-8,11H,1-2,5-6,9-10H2,(H,18,19,20). The summed E-state index contributed by atoms with van der Waals surface area (Å²) < 4.78 is 0. The van der Waals surface area contributed by atoms with Crippen LogP contribution in [0.1, 0.15) is 52.2 Å². The Labute approximate surface area is 144 Å². The number of carbonyl (C=O) groups excluding carboxylic acids is 2. The molecule has 2 amide bonds. The van der Waals surface area contributed by atoms with Crippen molar-refractivity contribution in [3.8, 4) is 0 Å². The van der Waals surface area contributed by atoms with Crippen LogP contribution in [0.5, 0.6) is 0 Å². The average Bonchev–Trinajstić information content (AvgIpc) is 3.31. The molecule has 2 heterocycles. The first-order valence-electron chi connectivity index (χ1n) is 8.21. The molecule has 1 aromatic heterocycles. The highest BCUT2D eigenvalue weighted by Gasteiger charge is 2.35. The Morgan fingerprint density at radius 3 is 2.46 bits per heavy atom. The molecule has 1 aliphatic heterocycles. The van der Waals surface area contributed by atoms with Gasteiger partial charge in [-0.25, -0.2) is 4.98 Å². The van der Waals surface area contributed by atoms with Crippen LogP contribution in [0.4, 0.5) is 0 Å². The molecule has 1 aromatic carbocycles. The van der Waals surface area contributed by atoms with E-state index in [4.69, 9.17) is 0 Å². The van der Waals surface area contributed by atoms with Crippen LogP contribution in [0.3, 0.4) is 0 Å². The normalized spacial score (nSPS) is 17.8. The Morgan fingerprint density at radius 1 is 1.12 bits per heavy atom. The second kappa shape index (κ2) is 6.39. The number of hydrogen-bond acceptors (Lipinski definition) is 5. The molecule has 6 nitrogen and oxygen atoms in total. The summed E-state index contributed by atoms with van der Waals surface area (Å²) >= 11 is 1.31. The van der Waals surface area contributed by atoms with E-state index in [0.29, 0.717) is 22.2 Å². The molecule has 124 valence electrons. The number of carbonyl (C=O) groups is 2. The number of rotatable bonds is 5. The van der Waals surface area contributed by atoms with Crippen molar-refractivity contribution < 1.29 is 9.59 Å². The summed E-state index contributed by atoms with van der Waals surface area (Å²) in [7, 11) is 0. The zero-order chi connectivity index (χ0) is 16.5. The van der Waals surface area contributed by atoms with Gasteiger partial charge in [0.15, 0.2) is 0 Å². The van der Waals surface area contributed by atoms with E-state index in [-0.39, 0.29) is 17.7 Å². The van der Waals surface area contributed by atoms with E-state index in [1.54, 1.807) is 24.3 Å². The van der Waals surface area contributed by atoms with Crippen molar-refractivity contribution in [2.45, 2.75) is 37.3 Å². The number of aromatic nitrogens is 3. The quantitative estimate of drug-likeness (QED) is 0.668. The Hall–Kier alpha value is -2.15. The van der Waals surface area contributed by atoms with Gasteiger partial charge in [-0.05, 0) is 18.1 Å². The second-order valence-electron chi connectivity index (χ2n) is 6.28. The minimum atomic E-state index is -0.246. The summed E-state index contributed by atoms with van der Waals surface area (Å²) in [5, 5.41) is 7.76. The van der Waals surface area contributed by atoms with Crippen molar-refractivity contribution in [2.75, 3.05) is 5.88 Å². The van der Waals surface area contributed by atoms with Crippen LogP contribution in [0.15, 0.2) is 29.4 Å². The second-order valence-corrected chi connectivity index (χ2v) is 7.19. The van der Waals surface area contributed by atoms with Crippen molar-refractivity contribution >= 4 is 23.6 Å². The number of thioether (sulfide) groups is 1. The van der Waals surface area contributed by atoms with Gasteiger partial charge >= 0.3 is 0 Å². The van der Waals surface area contributed by atoms with Gasteiger partial charge in [0.05, 0.1) is 17.0 Å². The Balaban J connectivity index is 1.38. The maximum atomic E-state index is 12.3. The molecule has 0 unspecified atom stereocenters. The molecule has 2 aliphatic rings. The van der Waals surface area contributed by atoms with Gasteiger partial charge in [-0.1, -0.05) is 49.6 Å². The number of benzene rings is 1. The highest BCUT2D eigenvalue weighted by molar-refractivity contribution is 7.99. The largest absolute Gasteiger partial charge is 0.269 e. The molecule has 0 spiro atoms. The number of fused-ring (bicyclic) bond motifs is 1. The van der Waals surface area contributed by atoms with Crippen molar-refractivity contribution in [1.29, 1.82) is 0 Å². The zero-order valence-corrected chi connectivity index (χ0v) is 14.0. The van der Waals surface area contributed by atoms with Gasteiger partial charge in [0.2, 0.25) is 5.16 Å². The van der Waals surface area contributed by atoms with Crippen LogP contribution >= 0.6 is 11.8 Å². The summed E-state index contributed by atoms with van der Waals surface area (Å²) in [5.41, 5.74) is 0.944. The molecule has 0 atom stereocenters. The van der Waals surface area contributed by atoms with Gasteiger partial charge in [0, 0.05) is 6.42 Å². The van der Waals surface area contributed by atoms with Crippen LogP contribution in [0, 0.1) is 5.92 Å². The number of H-pyrrole nitrogens is 1. The number of amides is 2. The van der Waals surface area contributed by atoms with Crippen molar-refractivity contribution in [3.63, 3.8) is 0 Å². The third kappa shape index (κ3) is 2.84. The summed E-state index contributed by atoms with van der Waals surface area (Å²) in [6.07, 6.45) is 6.07. The van der Waals surface area contributed by atoms with E-state index < -0.39 is 0 Å². The molecule has 1 saturated carbocycles. The van der Waals surface area contributed by atoms with Gasteiger partial charge in [-0.2, -0.15) is 0 Å². The predicted molar refractivity (Wildman–Crippen MR) is 89.7 cm³/mol. The molecule has 1 fully saturated rings. The van der Waals surface area contributed by atoms with Gasteiger partial charge in [0.25, 0.3) is 11.8 Å². The Bertz CT molecular complexity index is 747. The summed E-state index contributed by atoms with van der Waals surface area (Å²) in [4.78, 5) is 30.3. The lowest BCUT2D eigenvalue weighted by molar-refractivity contribution is 0.0684. The minimum Gasteiger partial charge on any atom is -0.269 e. The third-order valence-corrected chi connectivity index (χ3v) is 5.50. The molecule has 2 aromatic rings. The smallest absolute Gasteiger partial charge is 0.262 e. The van der Waals surface area contributed by atoms with E-state index >= 15 is 0 Å². The molecular formula is C17H18N4O2S. The molecule has 0 radical (unpaired) electrons. The summed E-state index contributed by atoms with van der Waals surface area (Å²) in [5.74, 6) is 1.33. The maximum Gasteiger partial charge on any atom is 0.262 e. The van der Waals surface area contributed by atoms with Gasteiger partial charge in [-0.15, -0.1) is 5.10 Å². The number of nitrogens with one attached hydrogen (secondary N) is 1. The molecule has 1 aliphatic carbocycles. The molecule has 7 heteroatoms. The van der Waals surface area contributed by atoms with E-state index in [1.807, 2.05) is 0 Å². The Kier molecular flexibility index (Phi) is 4.10. The molecule has 0 bridgehead atoms. The molecular weight excluding hydrogens is 324 g/mol. The first kappa shape index (κ1) is 15.4. The molecule has 4 rings (SSSR count). The highest BCUT2D eigenvalue weighted by atomic mass is 32.2. The van der Waals surface area contributed by atoms with Crippen LogP contribution in [-0.4, -0.2) is 37.8 Å². The fraction of sp³-hybridized carbons (Fsp3) is 0.412. The van der Waals surface area contributed by atoms with Crippen LogP contribution in [0.25, 0.3) is 0 Å². The number of imide groups is 1. The van der Waals surface area contributed by atoms with Crippen molar-refractivity contribution in [1.82, 2.24) is 20.1 Å². The first-order valence-corrected chi connectivity index (χ1v) is 9.20. The number of aromatic amines is 1. The van der Waals surface area contributed by atoms with Gasteiger partial charge in [0.1, 0.15) is 5.82 Å². The van der Waals surface area contributed by atoms with Crippen LogP contribution in [0.2, 0.25) is 0 Å². The monoisotopic (exact) mass is 342 g/mol. The number of nitrogens with zero attached hydrogens (tertiary/aromatic N) is 3. The lowest BCUT2D eigenvalue weighted by Crippen LogP contribution is -2.29. The SMILES string of the molecule is O=C1c2ccccc2C(=O)N1CSc1n[nH]c(CC2CCCC2)n1. The topological polar surface area (TPSA) is 79.0 Å². The third-order valence-electron chi connectivity index (χ3n) is 4.67. The Morgan fingerprint density at radius 2 is 1.79 bits per heavy atom. The van der Waals surface area contributed by atoms with Crippen LogP contribution in [-0.2, 0) is 6.42 Å². The van der Waals surface area contributed by atoms with E-state index in [1.165, 1.54) is 42.3 Å². The highest BCUT2D eigenvalue weighted by Crippen LogP contribution is 2.28. The minimum absolute atomic E-state index is 0.229. The predicted octanol–water partition coefficient (Wildman–Crippen LogP) is 2.88. The van der Waals surface area contributed by atoms with E-state index in [0.717, 1.165) is 12.2 Å². The first-order chi connectivity index (χ1) is 11.7. The van der Waals surface area contributed by atoms with E-state index in [9.17, 15) is 9.59 Å². The van der Waals surface area contributed by atoms with Crippen LogP contribution < -0.4 is 0 Å².